The van der Waals surface area contributed by atoms with Crippen molar-refractivity contribution < 1.29 is 28.4 Å². The molecule has 11 heteroatoms. The van der Waals surface area contributed by atoms with Gasteiger partial charge >= 0.3 is 5.97 Å². The second-order valence-corrected chi connectivity index (χ2v) is 7.62. The van der Waals surface area contributed by atoms with E-state index in [1.165, 1.54) is 48.7 Å². The van der Waals surface area contributed by atoms with Gasteiger partial charge in [0.1, 0.15) is 23.3 Å². The van der Waals surface area contributed by atoms with Crippen molar-refractivity contribution in [2.24, 2.45) is 0 Å². The lowest BCUT2D eigenvalue weighted by Crippen LogP contribution is -2.79. The largest absolute Gasteiger partial charge is 0.461 e. The minimum atomic E-state index is -1.39. The molecule has 26 heavy (non-hydrogen) atoms. The predicted octanol–water partition coefficient (Wildman–Crippen LogP) is 0.588. The Morgan fingerprint density at radius 3 is 3.04 bits per heavy atom. The minimum Gasteiger partial charge on any atom is -0.461 e. The molecule has 3 rings (SSSR count). The van der Waals surface area contributed by atoms with Crippen molar-refractivity contribution in [2.75, 3.05) is 25.2 Å². The highest BCUT2D eigenvalue weighted by Gasteiger charge is 2.63. The first kappa shape index (κ1) is 18.8. The summed E-state index contributed by atoms with van der Waals surface area (Å²) in [5, 5.41) is 6.61. The Kier molecular flexibility index (Phi) is 5.58. The number of ether oxygens (including phenoxy) is 2. The van der Waals surface area contributed by atoms with Gasteiger partial charge in [-0.3, -0.25) is 19.3 Å². The molecule has 1 aromatic rings. The summed E-state index contributed by atoms with van der Waals surface area (Å²) in [7, 11) is 1.39. The number of nitrogens with one attached hydrogen (secondary N) is 1. The molecular weight excluding hydrogens is 382 g/mol. The van der Waals surface area contributed by atoms with Crippen LogP contribution in [-0.4, -0.2) is 64.2 Å². The quantitative estimate of drug-likeness (QED) is 0.305. The molecule has 0 radical (unpaired) electrons. The van der Waals surface area contributed by atoms with E-state index >= 15 is 0 Å². The number of carbonyl (C=O) groups excluding carboxylic acids is 3. The lowest BCUT2D eigenvalue weighted by molar-refractivity contribution is -0.189. The number of nitrogens with zero attached hydrogens (tertiary/aromatic N) is 2. The number of hydrogen-bond acceptors (Lipinski definition) is 9. The van der Waals surface area contributed by atoms with Crippen LogP contribution in [0.15, 0.2) is 33.7 Å². The van der Waals surface area contributed by atoms with Gasteiger partial charge in [0.25, 0.3) is 11.6 Å². The van der Waals surface area contributed by atoms with Crippen LogP contribution < -0.4 is 5.32 Å². The Balaban J connectivity index is 1.61. The fourth-order valence-corrected chi connectivity index (χ4v) is 4.50. The number of rotatable bonds is 7. The molecule has 140 valence electrons. The summed E-state index contributed by atoms with van der Waals surface area (Å²) in [6, 6.07) is 1.65. The van der Waals surface area contributed by atoms with E-state index in [1.54, 1.807) is 12.3 Å². The van der Waals surface area contributed by atoms with Gasteiger partial charge in [-0.25, -0.2) is 0 Å². The van der Waals surface area contributed by atoms with Crippen molar-refractivity contribution in [2.45, 2.75) is 23.0 Å². The average molecular weight is 399 g/mol. The molecule has 0 bridgehead atoms. The van der Waals surface area contributed by atoms with Crippen molar-refractivity contribution in [3.63, 3.8) is 0 Å². The average Bonchev–Trinajstić information content (AvgIpc) is 3.15. The number of thioether (sulfide) groups is 2. The van der Waals surface area contributed by atoms with Crippen LogP contribution in [0.1, 0.15) is 6.92 Å². The molecule has 2 aliphatic heterocycles. The van der Waals surface area contributed by atoms with Crippen LogP contribution in [0.2, 0.25) is 0 Å². The molecule has 0 spiro atoms. The lowest BCUT2D eigenvalue weighted by Gasteiger charge is -2.54. The standard InChI is InChI=1S/C15H17N3O6S2/c1-9(19)23-6-10-5-18-13(21)15(22-2,14(18)26-7-10)16-11(20)8-25-12-3-4-24-17-12/h3-5,14H,6-8H2,1-2H3,(H,16,20)/t14-,15-/m0/s1. The van der Waals surface area contributed by atoms with Gasteiger partial charge in [-0.1, -0.05) is 16.9 Å². The molecule has 1 saturated heterocycles. The number of hydrogen-bond donors (Lipinski definition) is 1. The third-order valence-electron chi connectivity index (χ3n) is 3.77. The van der Waals surface area contributed by atoms with Gasteiger partial charge in [0.05, 0.1) is 5.75 Å². The molecule has 1 aromatic heterocycles. The Morgan fingerprint density at radius 1 is 1.58 bits per heavy atom. The highest BCUT2D eigenvalue weighted by molar-refractivity contribution is 8.00. The second kappa shape index (κ2) is 7.72. The minimum absolute atomic E-state index is 0.0792. The van der Waals surface area contributed by atoms with E-state index in [1.807, 2.05) is 0 Å². The maximum absolute atomic E-state index is 12.6. The van der Waals surface area contributed by atoms with Crippen LogP contribution in [-0.2, 0) is 23.9 Å². The Labute approximate surface area is 157 Å². The Morgan fingerprint density at radius 2 is 2.38 bits per heavy atom. The Hall–Kier alpha value is -1.98. The molecule has 1 N–H and O–H groups in total. The normalized spacial score (nSPS) is 24.4. The van der Waals surface area contributed by atoms with Crippen molar-refractivity contribution in [1.82, 2.24) is 15.4 Å². The molecule has 2 aliphatic rings. The summed E-state index contributed by atoms with van der Waals surface area (Å²) in [6.07, 6.45) is 3.07. The van der Waals surface area contributed by atoms with Crippen LogP contribution in [0.5, 0.6) is 0 Å². The zero-order valence-corrected chi connectivity index (χ0v) is 15.7. The molecule has 0 saturated carbocycles. The van der Waals surface area contributed by atoms with Crippen LogP contribution >= 0.6 is 23.5 Å². The Bertz CT molecular complexity index is 738. The first-order chi connectivity index (χ1) is 12.5. The predicted molar refractivity (Wildman–Crippen MR) is 92.9 cm³/mol. The van der Waals surface area contributed by atoms with E-state index in [9.17, 15) is 14.4 Å². The van der Waals surface area contributed by atoms with E-state index in [2.05, 4.69) is 10.5 Å². The fraction of sp³-hybridized carbons (Fsp3) is 0.467. The van der Waals surface area contributed by atoms with E-state index in [0.717, 1.165) is 5.57 Å². The molecule has 0 aliphatic carbocycles. The first-order valence-corrected chi connectivity index (χ1v) is 9.66. The van der Waals surface area contributed by atoms with Crippen LogP contribution in [0.4, 0.5) is 0 Å². The van der Waals surface area contributed by atoms with E-state index in [4.69, 9.17) is 14.0 Å². The monoisotopic (exact) mass is 399 g/mol. The molecule has 1 fully saturated rings. The van der Waals surface area contributed by atoms with Gasteiger partial charge in [-0.2, -0.15) is 0 Å². The number of esters is 1. The number of β-lactam (4-membered cyclic amide) rings is 1. The van der Waals surface area contributed by atoms with Gasteiger partial charge in [0.2, 0.25) is 5.91 Å². The van der Waals surface area contributed by atoms with Crippen molar-refractivity contribution in [1.29, 1.82) is 0 Å². The molecule has 0 unspecified atom stereocenters. The maximum Gasteiger partial charge on any atom is 0.302 e. The van der Waals surface area contributed by atoms with Gasteiger partial charge < -0.3 is 19.3 Å². The number of methoxy groups -OCH3 is 1. The molecule has 0 aromatic carbocycles. The number of amides is 2. The summed E-state index contributed by atoms with van der Waals surface area (Å²) in [5.74, 6) is -0.441. The summed E-state index contributed by atoms with van der Waals surface area (Å²) in [4.78, 5) is 37.2. The van der Waals surface area contributed by atoms with Crippen LogP contribution in [0.25, 0.3) is 0 Å². The summed E-state index contributed by atoms with van der Waals surface area (Å²) in [6.45, 7) is 1.47. The molecule has 9 nitrogen and oxygen atoms in total. The van der Waals surface area contributed by atoms with E-state index in [0.29, 0.717) is 10.8 Å². The first-order valence-electron chi connectivity index (χ1n) is 7.63. The number of fused-ring (bicyclic) bond motifs is 1. The lowest BCUT2D eigenvalue weighted by atomic mass is 10.0. The molecule has 3 heterocycles. The SMILES string of the molecule is CO[C@@]1(NC(=O)CSc2ccon2)C(=O)N2C=C(COC(C)=O)CS[C@H]21. The van der Waals surface area contributed by atoms with Crippen molar-refractivity contribution in [3.8, 4) is 0 Å². The summed E-state index contributed by atoms with van der Waals surface area (Å²) in [5.41, 5.74) is -0.581. The molecule has 2 atom stereocenters. The maximum atomic E-state index is 12.6. The third kappa shape index (κ3) is 3.60. The topological polar surface area (TPSA) is 111 Å². The number of aromatic nitrogens is 1. The van der Waals surface area contributed by atoms with Gasteiger partial charge in [-0.15, -0.1) is 11.8 Å². The highest BCUT2D eigenvalue weighted by atomic mass is 32.2. The van der Waals surface area contributed by atoms with Crippen LogP contribution in [0.3, 0.4) is 0 Å². The molecular formula is C15H17N3O6S2. The van der Waals surface area contributed by atoms with Gasteiger partial charge in [0.15, 0.2) is 0 Å². The van der Waals surface area contributed by atoms with Crippen LogP contribution in [0, 0.1) is 0 Å². The van der Waals surface area contributed by atoms with Crippen molar-refractivity contribution >= 4 is 41.3 Å². The zero-order valence-electron chi connectivity index (χ0n) is 14.1. The molecule has 2 amide bonds. The number of carbonyl (C=O) groups is 3. The summed E-state index contributed by atoms with van der Waals surface area (Å²) < 4.78 is 15.1. The zero-order chi connectivity index (χ0) is 18.7. The second-order valence-electron chi connectivity index (χ2n) is 5.56. The smallest absolute Gasteiger partial charge is 0.302 e. The van der Waals surface area contributed by atoms with E-state index < -0.39 is 5.72 Å². The third-order valence-corrected chi connectivity index (χ3v) is 6.10. The van der Waals surface area contributed by atoms with Gasteiger partial charge in [0, 0.05) is 32.1 Å². The van der Waals surface area contributed by atoms with Crippen molar-refractivity contribution in [3.05, 3.63) is 24.1 Å². The highest BCUT2D eigenvalue weighted by Crippen LogP contribution is 2.43. The summed E-state index contributed by atoms with van der Waals surface area (Å²) >= 11 is 2.63. The fourth-order valence-electron chi connectivity index (χ4n) is 2.56. The van der Waals surface area contributed by atoms with E-state index in [-0.39, 0.29) is 35.5 Å². The van der Waals surface area contributed by atoms with Gasteiger partial charge in [-0.05, 0) is 5.57 Å².